The highest BCUT2D eigenvalue weighted by atomic mass is 16.8. The zero-order valence-electron chi connectivity index (χ0n) is 9.73. The van der Waals surface area contributed by atoms with Crippen molar-refractivity contribution in [1.29, 1.82) is 0 Å². The molecule has 7 heteroatoms. The number of carbonyl (C=O) groups is 3. The molecule has 0 unspecified atom stereocenters. The first kappa shape index (κ1) is 11.8. The van der Waals surface area contributed by atoms with Crippen LogP contribution in [0.3, 0.4) is 0 Å². The lowest BCUT2D eigenvalue weighted by Gasteiger charge is -2.42. The monoisotopic (exact) mass is 256 g/mol. The van der Waals surface area contributed by atoms with Gasteiger partial charge in [0.2, 0.25) is 5.79 Å². The minimum atomic E-state index is -2.13. The summed E-state index contributed by atoms with van der Waals surface area (Å²) in [7, 11) is 1.25. The number of aliphatic hydroxyl groups is 1. The van der Waals surface area contributed by atoms with Crippen molar-refractivity contribution in [2.75, 3.05) is 13.7 Å². The fourth-order valence-corrected chi connectivity index (χ4v) is 3.14. The SMILES string of the molecule is CO[C@@]12CC(=O)O[C@@]13C(=O)CCC(=O)[C@@]3(O)CO2. The van der Waals surface area contributed by atoms with Gasteiger partial charge in [0.05, 0.1) is 6.61 Å². The molecular weight excluding hydrogens is 244 g/mol. The van der Waals surface area contributed by atoms with Crippen LogP contribution in [0.4, 0.5) is 0 Å². The molecule has 1 saturated carbocycles. The van der Waals surface area contributed by atoms with Gasteiger partial charge in [-0.1, -0.05) is 0 Å². The van der Waals surface area contributed by atoms with E-state index in [4.69, 9.17) is 14.2 Å². The van der Waals surface area contributed by atoms with E-state index in [2.05, 4.69) is 0 Å². The van der Waals surface area contributed by atoms with Crippen LogP contribution in [0, 0.1) is 0 Å². The molecule has 0 radical (unpaired) electrons. The summed E-state index contributed by atoms with van der Waals surface area (Å²) in [5.74, 6) is -3.50. The van der Waals surface area contributed by atoms with Gasteiger partial charge in [-0.3, -0.25) is 14.4 Å². The Balaban J connectivity index is 2.24. The molecule has 1 N–H and O–H groups in total. The van der Waals surface area contributed by atoms with E-state index in [9.17, 15) is 19.5 Å². The second kappa shape index (κ2) is 3.17. The number of Topliss-reactive ketones (excluding diaryl/α,β-unsaturated/α-hetero) is 2. The summed E-state index contributed by atoms with van der Waals surface area (Å²) in [6.07, 6.45) is -0.495. The normalized spacial score (nSPS) is 46.9. The Morgan fingerprint density at radius 2 is 1.89 bits per heavy atom. The van der Waals surface area contributed by atoms with Crippen LogP contribution >= 0.6 is 0 Å². The van der Waals surface area contributed by atoms with Crippen molar-refractivity contribution in [3.05, 3.63) is 0 Å². The van der Waals surface area contributed by atoms with Gasteiger partial charge in [0, 0.05) is 20.0 Å². The van der Waals surface area contributed by atoms with E-state index < -0.39 is 41.1 Å². The Kier molecular flexibility index (Phi) is 2.07. The van der Waals surface area contributed by atoms with Crippen LogP contribution < -0.4 is 0 Å². The van der Waals surface area contributed by atoms with Gasteiger partial charge in [-0.05, 0) is 0 Å². The van der Waals surface area contributed by atoms with Gasteiger partial charge in [0.15, 0.2) is 17.2 Å². The number of ether oxygens (including phenoxy) is 3. The van der Waals surface area contributed by atoms with Crippen LogP contribution in [0.1, 0.15) is 19.3 Å². The topological polar surface area (TPSA) is 99.1 Å². The van der Waals surface area contributed by atoms with Crippen LogP contribution in [0.5, 0.6) is 0 Å². The molecule has 98 valence electrons. The summed E-state index contributed by atoms with van der Waals surface area (Å²) in [4.78, 5) is 35.6. The fraction of sp³-hybridized carbons (Fsp3) is 0.727. The molecule has 0 aromatic carbocycles. The maximum atomic E-state index is 12.2. The molecule has 7 nitrogen and oxygen atoms in total. The Bertz CT molecular complexity index is 472. The first-order valence-electron chi connectivity index (χ1n) is 5.62. The zero-order chi connectivity index (χ0) is 13.2. The molecular formula is C11H12O7. The molecule has 0 aromatic rings. The number of hydrogen-bond donors (Lipinski definition) is 1. The number of rotatable bonds is 1. The lowest BCUT2D eigenvalue weighted by atomic mass is 9.68. The average Bonchev–Trinajstić information content (AvgIpc) is 2.77. The first-order chi connectivity index (χ1) is 8.42. The molecule has 2 saturated heterocycles. The van der Waals surface area contributed by atoms with Gasteiger partial charge in [-0.25, -0.2) is 0 Å². The summed E-state index contributed by atoms with van der Waals surface area (Å²) >= 11 is 0. The van der Waals surface area contributed by atoms with E-state index in [1.54, 1.807) is 0 Å². The van der Waals surface area contributed by atoms with Crippen molar-refractivity contribution in [3.63, 3.8) is 0 Å². The Morgan fingerprint density at radius 3 is 2.56 bits per heavy atom. The number of ketones is 2. The third-order valence-corrected chi connectivity index (χ3v) is 4.04. The third-order valence-electron chi connectivity index (χ3n) is 4.04. The molecule has 3 aliphatic rings. The molecule has 1 aliphatic carbocycles. The molecule has 3 rings (SSSR count). The van der Waals surface area contributed by atoms with E-state index in [1.165, 1.54) is 7.11 Å². The molecule has 18 heavy (non-hydrogen) atoms. The van der Waals surface area contributed by atoms with Crippen LogP contribution in [0.2, 0.25) is 0 Å². The van der Waals surface area contributed by atoms with Gasteiger partial charge in [-0.2, -0.15) is 0 Å². The largest absolute Gasteiger partial charge is 0.441 e. The van der Waals surface area contributed by atoms with E-state index in [1.807, 2.05) is 0 Å². The number of carbonyl (C=O) groups excluding carboxylic acids is 3. The Morgan fingerprint density at radius 1 is 1.22 bits per heavy atom. The molecule has 2 heterocycles. The van der Waals surface area contributed by atoms with Gasteiger partial charge < -0.3 is 19.3 Å². The van der Waals surface area contributed by atoms with Crippen LogP contribution in [-0.4, -0.2) is 53.3 Å². The van der Waals surface area contributed by atoms with Gasteiger partial charge in [-0.15, -0.1) is 0 Å². The van der Waals surface area contributed by atoms with Gasteiger partial charge >= 0.3 is 5.97 Å². The molecule has 3 fully saturated rings. The van der Waals surface area contributed by atoms with E-state index in [-0.39, 0.29) is 19.3 Å². The molecule has 3 atom stereocenters. The Labute approximate surface area is 102 Å². The van der Waals surface area contributed by atoms with Gasteiger partial charge in [0.25, 0.3) is 5.60 Å². The van der Waals surface area contributed by atoms with Gasteiger partial charge in [0.1, 0.15) is 6.42 Å². The van der Waals surface area contributed by atoms with Crippen molar-refractivity contribution in [3.8, 4) is 0 Å². The maximum Gasteiger partial charge on any atom is 0.312 e. The quantitative estimate of drug-likeness (QED) is 0.582. The predicted octanol–water partition coefficient (Wildman–Crippen LogP) is -1.29. The van der Waals surface area contributed by atoms with Crippen LogP contribution in [-0.2, 0) is 28.6 Å². The number of hydrogen-bond acceptors (Lipinski definition) is 7. The maximum absolute atomic E-state index is 12.2. The van der Waals surface area contributed by atoms with Crippen molar-refractivity contribution >= 4 is 17.5 Å². The summed E-state index contributed by atoms with van der Waals surface area (Å²) < 4.78 is 15.5. The highest BCUT2D eigenvalue weighted by molar-refractivity contribution is 6.08. The molecule has 2 aliphatic heterocycles. The van der Waals surface area contributed by atoms with Crippen molar-refractivity contribution < 1.29 is 33.7 Å². The average molecular weight is 256 g/mol. The lowest BCUT2D eigenvalue weighted by molar-refractivity contribution is -0.247. The van der Waals surface area contributed by atoms with Crippen molar-refractivity contribution in [2.45, 2.75) is 36.3 Å². The fourth-order valence-electron chi connectivity index (χ4n) is 3.14. The smallest absolute Gasteiger partial charge is 0.312 e. The molecule has 0 bridgehead atoms. The van der Waals surface area contributed by atoms with E-state index in [0.717, 1.165) is 0 Å². The standard InChI is InChI=1S/C11H12O7/c1-16-10-4-8(14)18-11(10)7(13)3-2-6(12)9(11,15)5-17-10/h15H,2-5H2,1H3/t9-,10+,11+/m0/s1. The molecule has 1 spiro atoms. The van der Waals surface area contributed by atoms with Crippen LogP contribution in [0.15, 0.2) is 0 Å². The zero-order valence-corrected chi connectivity index (χ0v) is 9.73. The minimum absolute atomic E-state index is 0.0855. The molecule has 0 aromatic heterocycles. The Hall–Kier alpha value is -1.31. The van der Waals surface area contributed by atoms with Crippen molar-refractivity contribution in [2.24, 2.45) is 0 Å². The highest BCUT2D eigenvalue weighted by Crippen LogP contribution is 2.55. The minimum Gasteiger partial charge on any atom is -0.441 e. The number of methoxy groups -OCH3 is 1. The lowest BCUT2D eigenvalue weighted by Crippen LogP contribution is -2.71. The highest BCUT2D eigenvalue weighted by Gasteiger charge is 2.83. The predicted molar refractivity (Wildman–Crippen MR) is 53.3 cm³/mol. The molecule has 0 amide bonds. The van der Waals surface area contributed by atoms with E-state index >= 15 is 0 Å². The second-order valence-electron chi connectivity index (χ2n) is 4.78. The third kappa shape index (κ3) is 0.955. The summed E-state index contributed by atoms with van der Waals surface area (Å²) in [6.45, 7) is -0.404. The first-order valence-corrected chi connectivity index (χ1v) is 5.62. The summed E-state index contributed by atoms with van der Waals surface area (Å²) in [5.41, 5.74) is -4.17. The summed E-state index contributed by atoms with van der Waals surface area (Å²) in [6, 6.07) is 0. The number of esters is 1. The van der Waals surface area contributed by atoms with Crippen molar-refractivity contribution in [1.82, 2.24) is 0 Å². The van der Waals surface area contributed by atoms with Crippen LogP contribution in [0.25, 0.3) is 0 Å². The van der Waals surface area contributed by atoms with E-state index in [0.29, 0.717) is 0 Å². The summed E-state index contributed by atoms with van der Waals surface area (Å²) in [5, 5.41) is 10.5. The second-order valence-corrected chi connectivity index (χ2v) is 4.78.